The molecule has 2 aromatic rings. The Morgan fingerprint density at radius 2 is 1.91 bits per heavy atom. The normalized spacial score (nSPS) is 16.3. The highest BCUT2D eigenvalue weighted by atomic mass is 16.2. The third-order valence-electron chi connectivity index (χ3n) is 4.20. The summed E-state index contributed by atoms with van der Waals surface area (Å²) in [7, 11) is 0. The van der Waals surface area contributed by atoms with Crippen LogP contribution in [0.5, 0.6) is 0 Å². The summed E-state index contributed by atoms with van der Waals surface area (Å²) >= 11 is 0. The van der Waals surface area contributed by atoms with Gasteiger partial charge in [-0.2, -0.15) is 0 Å². The minimum atomic E-state index is -0.243. The molecule has 0 heterocycles. The molecule has 2 amide bonds. The maximum atomic E-state index is 12.3. The van der Waals surface area contributed by atoms with Crippen LogP contribution >= 0.6 is 0 Å². The topological polar surface area (TPSA) is 58.2 Å². The number of hydrogen-bond donors (Lipinski definition) is 2. The Bertz CT molecular complexity index is 740. The van der Waals surface area contributed by atoms with Crippen molar-refractivity contribution in [3.63, 3.8) is 0 Å². The van der Waals surface area contributed by atoms with E-state index in [9.17, 15) is 9.59 Å². The number of benzene rings is 2. The molecule has 3 rings (SSSR count). The van der Waals surface area contributed by atoms with Crippen molar-refractivity contribution in [1.29, 1.82) is 0 Å². The van der Waals surface area contributed by atoms with Crippen LogP contribution in [0.4, 0.5) is 10.5 Å². The maximum absolute atomic E-state index is 12.3. The number of nitrogens with one attached hydrogen (secondary N) is 2. The van der Waals surface area contributed by atoms with Gasteiger partial charge in [0.05, 0.1) is 6.04 Å². The summed E-state index contributed by atoms with van der Waals surface area (Å²) in [6.45, 7) is 1.51. The summed E-state index contributed by atoms with van der Waals surface area (Å²) < 4.78 is 0. The molecule has 0 saturated carbocycles. The van der Waals surface area contributed by atoms with Crippen molar-refractivity contribution in [1.82, 2.24) is 5.32 Å². The molecule has 23 heavy (non-hydrogen) atoms. The number of rotatable bonds is 3. The second-order valence-corrected chi connectivity index (χ2v) is 5.88. The third-order valence-corrected chi connectivity index (χ3v) is 4.20. The first-order valence-corrected chi connectivity index (χ1v) is 7.90. The Morgan fingerprint density at radius 1 is 1.09 bits per heavy atom. The molecule has 0 saturated heterocycles. The van der Waals surface area contributed by atoms with Crippen LogP contribution in [0.15, 0.2) is 48.5 Å². The van der Waals surface area contributed by atoms with E-state index in [0.29, 0.717) is 11.3 Å². The van der Waals surface area contributed by atoms with Gasteiger partial charge in [0, 0.05) is 11.3 Å². The lowest BCUT2D eigenvalue weighted by molar-refractivity contribution is 0.101. The fourth-order valence-corrected chi connectivity index (χ4v) is 3.05. The van der Waals surface area contributed by atoms with Crippen molar-refractivity contribution in [3.05, 3.63) is 65.2 Å². The van der Waals surface area contributed by atoms with Crippen LogP contribution in [0.1, 0.15) is 47.3 Å². The minimum absolute atomic E-state index is 0.0183. The van der Waals surface area contributed by atoms with Gasteiger partial charge in [-0.05, 0) is 49.4 Å². The largest absolute Gasteiger partial charge is 0.331 e. The number of hydrogen-bond acceptors (Lipinski definition) is 2. The second-order valence-electron chi connectivity index (χ2n) is 5.88. The lowest BCUT2D eigenvalue weighted by Crippen LogP contribution is -2.34. The van der Waals surface area contributed by atoms with Gasteiger partial charge in [0.15, 0.2) is 5.78 Å². The molecule has 0 unspecified atom stereocenters. The van der Waals surface area contributed by atoms with Crippen LogP contribution in [0.25, 0.3) is 0 Å². The molecule has 118 valence electrons. The number of anilines is 1. The SMILES string of the molecule is CC(=O)c1cccc(NC(=O)N[C@H]2CCCc3ccccc32)c1. The van der Waals surface area contributed by atoms with E-state index in [0.717, 1.165) is 19.3 Å². The summed E-state index contributed by atoms with van der Waals surface area (Å²) in [5.74, 6) is -0.0183. The fraction of sp³-hybridized carbons (Fsp3) is 0.263. The predicted octanol–water partition coefficient (Wildman–Crippen LogP) is 4.09. The zero-order valence-electron chi connectivity index (χ0n) is 13.1. The Kier molecular flexibility index (Phi) is 4.42. The average molecular weight is 308 g/mol. The zero-order chi connectivity index (χ0) is 16.2. The number of fused-ring (bicyclic) bond motifs is 1. The van der Waals surface area contributed by atoms with Gasteiger partial charge in [-0.3, -0.25) is 4.79 Å². The lowest BCUT2D eigenvalue weighted by atomic mass is 9.88. The van der Waals surface area contributed by atoms with Gasteiger partial charge in [-0.25, -0.2) is 4.79 Å². The Hall–Kier alpha value is -2.62. The van der Waals surface area contributed by atoms with E-state index in [1.54, 1.807) is 24.3 Å². The van der Waals surface area contributed by atoms with Crippen molar-refractivity contribution < 1.29 is 9.59 Å². The molecule has 2 aromatic carbocycles. The molecular formula is C19H20N2O2. The number of ketones is 1. The van der Waals surface area contributed by atoms with E-state index >= 15 is 0 Å². The average Bonchev–Trinajstić information content (AvgIpc) is 2.55. The molecule has 0 fully saturated rings. The van der Waals surface area contributed by atoms with Crippen molar-refractivity contribution in [2.75, 3.05) is 5.32 Å². The quantitative estimate of drug-likeness (QED) is 0.839. The molecule has 0 spiro atoms. The molecule has 0 bridgehead atoms. The minimum Gasteiger partial charge on any atom is -0.331 e. The number of Topliss-reactive ketones (excluding diaryl/α,β-unsaturated/α-hetero) is 1. The smallest absolute Gasteiger partial charge is 0.319 e. The first-order chi connectivity index (χ1) is 11.1. The van der Waals surface area contributed by atoms with E-state index in [2.05, 4.69) is 22.8 Å². The van der Waals surface area contributed by atoms with Crippen LogP contribution in [-0.2, 0) is 6.42 Å². The monoisotopic (exact) mass is 308 g/mol. The van der Waals surface area contributed by atoms with Crippen LogP contribution in [-0.4, -0.2) is 11.8 Å². The standard InChI is InChI=1S/C19H20N2O2/c1-13(22)15-8-4-9-16(12-15)20-19(23)21-18-11-5-7-14-6-2-3-10-17(14)18/h2-4,6,8-10,12,18H,5,7,11H2,1H3,(H2,20,21,23)/t18-/m0/s1. The van der Waals surface area contributed by atoms with Gasteiger partial charge in [0.25, 0.3) is 0 Å². The molecule has 0 aromatic heterocycles. The molecule has 4 heteroatoms. The lowest BCUT2D eigenvalue weighted by Gasteiger charge is -2.26. The number of urea groups is 1. The summed E-state index contributed by atoms with van der Waals surface area (Å²) in [4.78, 5) is 23.7. The Balaban J connectivity index is 1.69. The van der Waals surface area contributed by atoms with Gasteiger partial charge in [-0.1, -0.05) is 36.4 Å². The second kappa shape index (κ2) is 6.65. The zero-order valence-corrected chi connectivity index (χ0v) is 13.1. The molecule has 2 N–H and O–H groups in total. The highest BCUT2D eigenvalue weighted by molar-refractivity contribution is 5.96. The van der Waals surface area contributed by atoms with E-state index in [4.69, 9.17) is 0 Å². The summed E-state index contributed by atoms with van der Waals surface area (Å²) in [5.41, 5.74) is 3.72. The molecular weight excluding hydrogens is 288 g/mol. The Morgan fingerprint density at radius 3 is 2.74 bits per heavy atom. The van der Waals surface area contributed by atoms with Gasteiger partial charge < -0.3 is 10.6 Å². The molecule has 0 radical (unpaired) electrons. The summed E-state index contributed by atoms with van der Waals surface area (Å²) in [6, 6.07) is 15.0. The van der Waals surface area contributed by atoms with Crippen LogP contribution < -0.4 is 10.6 Å². The van der Waals surface area contributed by atoms with E-state index in [1.807, 2.05) is 12.1 Å². The third kappa shape index (κ3) is 3.59. The molecule has 1 aliphatic carbocycles. The van der Waals surface area contributed by atoms with Crippen molar-refractivity contribution >= 4 is 17.5 Å². The van der Waals surface area contributed by atoms with E-state index in [-0.39, 0.29) is 17.9 Å². The van der Waals surface area contributed by atoms with Gasteiger partial charge in [-0.15, -0.1) is 0 Å². The summed E-state index contributed by atoms with van der Waals surface area (Å²) in [6.07, 6.45) is 3.08. The van der Waals surface area contributed by atoms with E-state index in [1.165, 1.54) is 18.1 Å². The molecule has 1 aliphatic rings. The van der Waals surface area contributed by atoms with Crippen molar-refractivity contribution in [3.8, 4) is 0 Å². The molecule has 4 nitrogen and oxygen atoms in total. The van der Waals surface area contributed by atoms with Gasteiger partial charge >= 0.3 is 6.03 Å². The highest BCUT2D eigenvalue weighted by Crippen LogP contribution is 2.29. The van der Waals surface area contributed by atoms with Crippen molar-refractivity contribution in [2.24, 2.45) is 0 Å². The predicted molar refractivity (Wildman–Crippen MR) is 90.7 cm³/mol. The Labute approximate surface area is 135 Å². The maximum Gasteiger partial charge on any atom is 0.319 e. The number of amides is 2. The number of carbonyl (C=O) groups excluding carboxylic acids is 2. The molecule has 0 aliphatic heterocycles. The van der Waals surface area contributed by atoms with Crippen molar-refractivity contribution in [2.45, 2.75) is 32.2 Å². The van der Waals surface area contributed by atoms with Gasteiger partial charge in [0.2, 0.25) is 0 Å². The number of carbonyl (C=O) groups is 2. The first-order valence-electron chi connectivity index (χ1n) is 7.90. The molecule has 1 atom stereocenters. The summed E-state index contributed by atoms with van der Waals surface area (Å²) in [5, 5.41) is 5.85. The number of aryl methyl sites for hydroxylation is 1. The first kappa shape index (κ1) is 15.3. The fourth-order valence-electron chi connectivity index (χ4n) is 3.05. The highest BCUT2D eigenvalue weighted by Gasteiger charge is 2.21. The van der Waals surface area contributed by atoms with Crippen LogP contribution in [0, 0.1) is 0 Å². The van der Waals surface area contributed by atoms with E-state index < -0.39 is 0 Å². The van der Waals surface area contributed by atoms with Gasteiger partial charge in [0.1, 0.15) is 0 Å². The van der Waals surface area contributed by atoms with Crippen LogP contribution in [0.2, 0.25) is 0 Å². The van der Waals surface area contributed by atoms with Crippen LogP contribution in [0.3, 0.4) is 0 Å².